The summed E-state index contributed by atoms with van der Waals surface area (Å²) in [6.45, 7) is 2.16. The number of rotatable bonds is 5. The zero-order valence-corrected chi connectivity index (χ0v) is 10.7. The van der Waals surface area contributed by atoms with Gasteiger partial charge in [-0.2, -0.15) is 11.8 Å². The van der Waals surface area contributed by atoms with Crippen LogP contribution in [0.5, 0.6) is 0 Å². The normalized spacial score (nSPS) is 9.20. The monoisotopic (exact) mass is 220 g/mol. The van der Waals surface area contributed by atoms with Crippen molar-refractivity contribution < 1.29 is 0 Å². The van der Waals surface area contributed by atoms with Crippen LogP contribution in [-0.4, -0.2) is 19.9 Å². The Bertz CT molecular complexity index is 207. The Hall–Kier alpha value is -0.365. The van der Waals surface area contributed by atoms with Crippen molar-refractivity contribution in [1.29, 1.82) is 0 Å². The highest BCUT2D eigenvalue weighted by Crippen LogP contribution is 1.99. The number of hydrogen-bond acceptors (Lipinski definition) is 1. The molecule has 0 saturated carbocycles. The first-order valence-corrected chi connectivity index (χ1v) is 6.97. The Morgan fingerprint density at radius 1 is 1.13 bits per heavy atom. The lowest BCUT2D eigenvalue weighted by Gasteiger charge is -1.90. The molecule has 0 spiro atoms. The average Bonchev–Trinajstić information content (AvgIpc) is 2.32. The molecule has 0 aliphatic carbocycles. The second kappa shape index (κ2) is 11.7. The highest BCUT2D eigenvalue weighted by Gasteiger charge is 1.80. The molecular formula is C13H21BS. The van der Waals surface area contributed by atoms with Crippen LogP contribution in [0.2, 0.25) is 6.32 Å². The van der Waals surface area contributed by atoms with E-state index < -0.39 is 0 Å². The molecule has 0 bridgehead atoms. The number of benzene rings is 1. The molecule has 0 fully saturated rings. The van der Waals surface area contributed by atoms with Crippen molar-refractivity contribution in [3.63, 3.8) is 0 Å². The molecule has 0 heterocycles. The lowest BCUT2D eigenvalue weighted by molar-refractivity contribution is 0.895. The minimum absolute atomic E-state index is 0.848. The van der Waals surface area contributed by atoms with E-state index in [2.05, 4.69) is 37.4 Å². The third kappa shape index (κ3) is 9.93. The van der Waals surface area contributed by atoms with E-state index in [0.29, 0.717) is 0 Å². The summed E-state index contributed by atoms with van der Waals surface area (Å²) in [7, 11) is 5.26. The zero-order valence-electron chi connectivity index (χ0n) is 9.91. The predicted octanol–water partition coefficient (Wildman–Crippen LogP) is 3.97. The molecule has 0 amide bonds. The Morgan fingerprint density at radius 3 is 2.20 bits per heavy atom. The quantitative estimate of drug-likeness (QED) is 0.534. The SMILES string of the molecule is CCc1ccccc1.[B]CCCCSC. The summed E-state index contributed by atoms with van der Waals surface area (Å²) in [6.07, 6.45) is 6.57. The van der Waals surface area contributed by atoms with Crippen LogP contribution < -0.4 is 0 Å². The van der Waals surface area contributed by atoms with Crippen LogP contribution >= 0.6 is 11.8 Å². The smallest absolute Gasteiger partial charge is 0.0653 e. The lowest BCUT2D eigenvalue weighted by atomic mass is 10.0. The van der Waals surface area contributed by atoms with Crippen LogP contribution in [0.4, 0.5) is 0 Å². The predicted molar refractivity (Wildman–Crippen MR) is 74.0 cm³/mol. The molecule has 2 heteroatoms. The molecule has 0 N–H and O–H groups in total. The van der Waals surface area contributed by atoms with E-state index in [1.807, 2.05) is 17.8 Å². The lowest BCUT2D eigenvalue weighted by Crippen LogP contribution is -1.76. The van der Waals surface area contributed by atoms with Crippen LogP contribution in [0.1, 0.15) is 25.3 Å². The second-order valence-electron chi connectivity index (χ2n) is 3.33. The maximum absolute atomic E-state index is 5.26. The molecule has 0 aliphatic rings. The van der Waals surface area contributed by atoms with Crippen LogP contribution in [0.25, 0.3) is 0 Å². The third-order valence-corrected chi connectivity index (χ3v) is 2.75. The highest BCUT2D eigenvalue weighted by atomic mass is 32.2. The summed E-state index contributed by atoms with van der Waals surface area (Å²) in [4.78, 5) is 0. The number of hydrogen-bond donors (Lipinski definition) is 0. The molecule has 0 nitrogen and oxygen atoms in total. The first-order valence-electron chi connectivity index (χ1n) is 5.58. The largest absolute Gasteiger partial charge is 0.165 e. The van der Waals surface area contributed by atoms with Gasteiger partial charge < -0.3 is 0 Å². The molecule has 1 aromatic carbocycles. The number of thioether (sulfide) groups is 1. The van der Waals surface area contributed by atoms with E-state index in [1.165, 1.54) is 24.2 Å². The molecule has 0 aliphatic heterocycles. The van der Waals surface area contributed by atoms with Crippen molar-refractivity contribution in [3.8, 4) is 0 Å². The summed E-state index contributed by atoms with van der Waals surface area (Å²) in [5, 5.41) is 0. The summed E-state index contributed by atoms with van der Waals surface area (Å²) in [5.41, 5.74) is 1.41. The minimum Gasteiger partial charge on any atom is -0.165 e. The van der Waals surface area contributed by atoms with Crippen LogP contribution in [0.3, 0.4) is 0 Å². The average molecular weight is 220 g/mol. The maximum atomic E-state index is 5.26. The molecule has 82 valence electrons. The van der Waals surface area contributed by atoms with E-state index in [4.69, 9.17) is 7.85 Å². The van der Waals surface area contributed by atoms with Crippen molar-refractivity contribution >= 4 is 19.6 Å². The van der Waals surface area contributed by atoms with Crippen LogP contribution in [0.15, 0.2) is 30.3 Å². The number of aryl methyl sites for hydroxylation is 1. The molecule has 0 unspecified atom stereocenters. The van der Waals surface area contributed by atoms with Gasteiger partial charge in [0.2, 0.25) is 0 Å². The molecular weight excluding hydrogens is 199 g/mol. The minimum atomic E-state index is 0.848. The fourth-order valence-electron chi connectivity index (χ4n) is 1.10. The zero-order chi connectivity index (χ0) is 11.4. The van der Waals surface area contributed by atoms with E-state index in [1.54, 1.807) is 0 Å². The first-order chi connectivity index (χ1) is 7.35. The van der Waals surface area contributed by atoms with Gasteiger partial charge in [-0.25, -0.2) is 0 Å². The van der Waals surface area contributed by atoms with E-state index in [0.717, 1.165) is 12.7 Å². The summed E-state index contributed by atoms with van der Waals surface area (Å²) < 4.78 is 0. The van der Waals surface area contributed by atoms with Crippen LogP contribution in [0, 0.1) is 0 Å². The topological polar surface area (TPSA) is 0 Å². The molecule has 0 atom stereocenters. The van der Waals surface area contributed by atoms with Gasteiger partial charge in [-0.15, -0.1) is 0 Å². The van der Waals surface area contributed by atoms with Gasteiger partial charge in [-0.05, 0) is 30.4 Å². The van der Waals surface area contributed by atoms with Crippen molar-refractivity contribution in [2.75, 3.05) is 12.0 Å². The molecule has 1 rings (SSSR count). The van der Waals surface area contributed by atoms with E-state index in [-0.39, 0.29) is 0 Å². The van der Waals surface area contributed by atoms with Gasteiger partial charge in [-0.3, -0.25) is 0 Å². The Morgan fingerprint density at radius 2 is 1.80 bits per heavy atom. The molecule has 0 saturated heterocycles. The van der Waals surface area contributed by atoms with Gasteiger partial charge in [0.25, 0.3) is 0 Å². The molecule has 0 aromatic heterocycles. The van der Waals surface area contributed by atoms with Crippen molar-refractivity contribution in [1.82, 2.24) is 0 Å². The summed E-state index contributed by atoms with van der Waals surface area (Å²) in [6, 6.07) is 10.5. The molecule has 2 radical (unpaired) electrons. The Labute approximate surface area is 100 Å². The van der Waals surface area contributed by atoms with Gasteiger partial charge in [0, 0.05) is 0 Å². The second-order valence-corrected chi connectivity index (χ2v) is 4.31. The van der Waals surface area contributed by atoms with Crippen molar-refractivity contribution in [2.45, 2.75) is 32.5 Å². The van der Waals surface area contributed by atoms with E-state index in [9.17, 15) is 0 Å². The third-order valence-electron chi connectivity index (χ3n) is 2.05. The first kappa shape index (κ1) is 14.6. The van der Waals surface area contributed by atoms with E-state index >= 15 is 0 Å². The standard InChI is InChI=1S/C8H10.C5H11BS/c1-2-8-6-4-3-5-7-8;1-7-5-3-2-4-6/h3-7H,2H2,1H3;2-5H2,1H3. The molecule has 1 aromatic rings. The van der Waals surface area contributed by atoms with Gasteiger partial charge in [0.15, 0.2) is 0 Å². The van der Waals surface area contributed by atoms with Crippen LogP contribution in [-0.2, 0) is 6.42 Å². The number of unbranched alkanes of at least 4 members (excludes halogenated alkanes) is 1. The Balaban J connectivity index is 0.000000265. The van der Waals surface area contributed by atoms with Crippen molar-refractivity contribution in [3.05, 3.63) is 35.9 Å². The highest BCUT2D eigenvalue weighted by molar-refractivity contribution is 7.98. The van der Waals surface area contributed by atoms with Gasteiger partial charge in [0.05, 0.1) is 7.85 Å². The summed E-state index contributed by atoms with van der Waals surface area (Å²) >= 11 is 1.89. The van der Waals surface area contributed by atoms with Gasteiger partial charge >= 0.3 is 0 Å². The summed E-state index contributed by atoms with van der Waals surface area (Å²) in [5.74, 6) is 1.26. The van der Waals surface area contributed by atoms with Crippen molar-refractivity contribution in [2.24, 2.45) is 0 Å². The maximum Gasteiger partial charge on any atom is 0.0653 e. The van der Waals surface area contributed by atoms with Gasteiger partial charge in [0.1, 0.15) is 0 Å². The molecule has 15 heavy (non-hydrogen) atoms. The van der Waals surface area contributed by atoms with Gasteiger partial charge in [-0.1, -0.05) is 50.0 Å². The fraction of sp³-hybridized carbons (Fsp3) is 0.538. The fourth-order valence-corrected chi connectivity index (χ4v) is 1.60. The Kier molecular flexibility index (Phi) is 11.4.